The Balaban J connectivity index is 2.61. The standard InChI is InChI=1S/C13H24N2O/c1-5-11(6-2)7-13(16)12-8-14-15(9-12)10(3)4/h8-11,13,16H,5-7H2,1-4H3. The van der Waals surface area contributed by atoms with Gasteiger partial charge in [-0.25, -0.2) is 0 Å². The van der Waals surface area contributed by atoms with Gasteiger partial charge in [0.25, 0.3) is 0 Å². The Morgan fingerprint density at radius 1 is 1.31 bits per heavy atom. The highest BCUT2D eigenvalue weighted by Gasteiger charge is 2.15. The molecule has 0 saturated carbocycles. The van der Waals surface area contributed by atoms with E-state index in [0.717, 1.165) is 24.8 Å². The maximum atomic E-state index is 10.1. The van der Waals surface area contributed by atoms with Gasteiger partial charge in [0.2, 0.25) is 0 Å². The lowest BCUT2D eigenvalue weighted by Gasteiger charge is -2.16. The van der Waals surface area contributed by atoms with E-state index < -0.39 is 0 Å². The summed E-state index contributed by atoms with van der Waals surface area (Å²) in [4.78, 5) is 0. The minimum atomic E-state index is -0.364. The molecule has 1 heterocycles. The van der Waals surface area contributed by atoms with Crippen LogP contribution in [-0.2, 0) is 0 Å². The van der Waals surface area contributed by atoms with Gasteiger partial charge in [0.15, 0.2) is 0 Å². The number of hydrogen-bond donors (Lipinski definition) is 1. The van der Waals surface area contributed by atoms with Crippen LogP contribution >= 0.6 is 0 Å². The maximum Gasteiger partial charge on any atom is 0.0823 e. The lowest BCUT2D eigenvalue weighted by Crippen LogP contribution is -2.05. The Hall–Kier alpha value is -0.830. The first kappa shape index (κ1) is 13.2. The van der Waals surface area contributed by atoms with Crippen molar-refractivity contribution in [3.8, 4) is 0 Å². The molecule has 0 radical (unpaired) electrons. The summed E-state index contributed by atoms with van der Waals surface area (Å²) in [7, 11) is 0. The van der Waals surface area contributed by atoms with Gasteiger partial charge in [-0.05, 0) is 26.2 Å². The molecule has 1 atom stereocenters. The molecule has 3 nitrogen and oxygen atoms in total. The van der Waals surface area contributed by atoms with Gasteiger partial charge in [-0.2, -0.15) is 5.10 Å². The summed E-state index contributed by atoms with van der Waals surface area (Å²) in [6.45, 7) is 8.53. The molecule has 0 aliphatic heterocycles. The van der Waals surface area contributed by atoms with Crippen molar-refractivity contribution in [1.82, 2.24) is 9.78 Å². The number of rotatable bonds is 6. The molecule has 0 fully saturated rings. The van der Waals surface area contributed by atoms with Gasteiger partial charge in [0, 0.05) is 17.8 Å². The van der Waals surface area contributed by atoms with E-state index in [2.05, 4.69) is 32.8 Å². The van der Waals surface area contributed by atoms with Crippen molar-refractivity contribution in [3.63, 3.8) is 0 Å². The lowest BCUT2D eigenvalue weighted by atomic mass is 9.94. The van der Waals surface area contributed by atoms with Crippen LogP contribution in [0, 0.1) is 5.92 Å². The quantitative estimate of drug-likeness (QED) is 0.805. The highest BCUT2D eigenvalue weighted by atomic mass is 16.3. The zero-order valence-corrected chi connectivity index (χ0v) is 10.8. The minimum Gasteiger partial charge on any atom is -0.388 e. The molecule has 0 spiro atoms. The Labute approximate surface area is 98.5 Å². The van der Waals surface area contributed by atoms with Crippen molar-refractivity contribution in [2.24, 2.45) is 5.92 Å². The van der Waals surface area contributed by atoms with Gasteiger partial charge in [-0.3, -0.25) is 4.68 Å². The normalized spacial score (nSPS) is 13.7. The van der Waals surface area contributed by atoms with Crippen LogP contribution in [0.2, 0.25) is 0 Å². The number of aromatic nitrogens is 2. The van der Waals surface area contributed by atoms with Crippen LogP contribution in [0.15, 0.2) is 12.4 Å². The Morgan fingerprint density at radius 2 is 1.94 bits per heavy atom. The molecular formula is C13H24N2O. The molecular weight excluding hydrogens is 200 g/mol. The van der Waals surface area contributed by atoms with E-state index in [9.17, 15) is 5.11 Å². The summed E-state index contributed by atoms with van der Waals surface area (Å²) in [6, 6.07) is 0.356. The van der Waals surface area contributed by atoms with Crippen LogP contribution in [0.3, 0.4) is 0 Å². The third-order valence-corrected chi connectivity index (χ3v) is 3.25. The van der Waals surface area contributed by atoms with E-state index >= 15 is 0 Å². The molecule has 92 valence electrons. The van der Waals surface area contributed by atoms with Gasteiger partial charge in [-0.1, -0.05) is 26.7 Å². The van der Waals surface area contributed by atoms with Crippen LogP contribution in [0.4, 0.5) is 0 Å². The molecule has 0 aliphatic carbocycles. The summed E-state index contributed by atoms with van der Waals surface area (Å²) in [5, 5.41) is 14.3. The third-order valence-electron chi connectivity index (χ3n) is 3.25. The first-order chi connectivity index (χ1) is 7.58. The predicted molar refractivity (Wildman–Crippen MR) is 66.3 cm³/mol. The first-order valence-electron chi connectivity index (χ1n) is 6.30. The van der Waals surface area contributed by atoms with Gasteiger partial charge < -0.3 is 5.11 Å². The molecule has 1 rings (SSSR count). The number of hydrogen-bond acceptors (Lipinski definition) is 2. The second-order valence-corrected chi connectivity index (χ2v) is 4.78. The highest BCUT2D eigenvalue weighted by Crippen LogP contribution is 2.25. The summed E-state index contributed by atoms with van der Waals surface area (Å²) < 4.78 is 1.89. The SMILES string of the molecule is CCC(CC)CC(O)c1cnn(C(C)C)c1. The maximum absolute atomic E-state index is 10.1. The Kier molecular flexibility index (Phi) is 5.00. The van der Waals surface area contributed by atoms with E-state index in [1.54, 1.807) is 6.20 Å². The van der Waals surface area contributed by atoms with Crippen LogP contribution in [-0.4, -0.2) is 14.9 Å². The molecule has 1 N–H and O–H groups in total. The molecule has 1 aromatic rings. The predicted octanol–water partition coefficient (Wildman–Crippen LogP) is 3.32. The van der Waals surface area contributed by atoms with Crippen molar-refractivity contribution in [2.75, 3.05) is 0 Å². The number of aliphatic hydroxyl groups excluding tert-OH is 1. The number of aliphatic hydroxyl groups is 1. The van der Waals surface area contributed by atoms with Gasteiger partial charge >= 0.3 is 0 Å². The van der Waals surface area contributed by atoms with E-state index in [4.69, 9.17) is 0 Å². The molecule has 0 amide bonds. The zero-order valence-electron chi connectivity index (χ0n) is 10.8. The van der Waals surface area contributed by atoms with Crippen molar-refractivity contribution in [3.05, 3.63) is 18.0 Å². The molecule has 0 bridgehead atoms. The molecule has 16 heavy (non-hydrogen) atoms. The average Bonchev–Trinajstić information content (AvgIpc) is 2.74. The summed E-state index contributed by atoms with van der Waals surface area (Å²) in [6.07, 6.45) is 6.48. The van der Waals surface area contributed by atoms with E-state index in [1.165, 1.54) is 0 Å². The van der Waals surface area contributed by atoms with Crippen LogP contribution in [0.25, 0.3) is 0 Å². The molecule has 1 unspecified atom stereocenters. The zero-order chi connectivity index (χ0) is 12.1. The summed E-state index contributed by atoms with van der Waals surface area (Å²) >= 11 is 0. The average molecular weight is 224 g/mol. The topological polar surface area (TPSA) is 38.1 Å². The van der Waals surface area contributed by atoms with Crippen molar-refractivity contribution < 1.29 is 5.11 Å². The van der Waals surface area contributed by atoms with Crippen molar-refractivity contribution >= 4 is 0 Å². The number of nitrogens with zero attached hydrogens (tertiary/aromatic N) is 2. The van der Waals surface area contributed by atoms with Crippen molar-refractivity contribution in [1.29, 1.82) is 0 Å². The van der Waals surface area contributed by atoms with E-state index in [1.807, 2.05) is 10.9 Å². The largest absolute Gasteiger partial charge is 0.388 e. The van der Waals surface area contributed by atoms with E-state index in [-0.39, 0.29) is 6.10 Å². The van der Waals surface area contributed by atoms with Gasteiger partial charge in [0.1, 0.15) is 0 Å². The summed E-state index contributed by atoms with van der Waals surface area (Å²) in [5.41, 5.74) is 0.945. The fourth-order valence-corrected chi connectivity index (χ4v) is 1.88. The third kappa shape index (κ3) is 3.34. The molecule has 0 saturated heterocycles. The van der Waals surface area contributed by atoms with Crippen molar-refractivity contribution in [2.45, 2.75) is 59.1 Å². The van der Waals surface area contributed by atoms with Gasteiger partial charge in [-0.15, -0.1) is 0 Å². The second kappa shape index (κ2) is 6.04. The highest BCUT2D eigenvalue weighted by molar-refractivity contribution is 5.08. The fourth-order valence-electron chi connectivity index (χ4n) is 1.88. The minimum absolute atomic E-state index is 0.356. The second-order valence-electron chi connectivity index (χ2n) is 4.78. The van der Waals surface area contributed by atoms with Crippen LogP contribution < -0.4 is 0 Å². The monoisotopic (exact) mass is 224 g/mol. The first-order valence-corrected chi connectivity index (χ1v) is 6.30. The molecule has 3 heteroatoms. The molecule has 0 aromatic carbocycles. The Bertz CT molecular complexity index is 303. The van der Waals surface area contributed by atoms with Crippen LogP contribution in [0.1, 0.15) is 64.7 Å². The fraction of sp³-hybridized carbons (Fsp3) is 0.769. The van der Waals surface area contributed by atoms with Crippen LogP contribution in [0.5, 0.6) is 0 Å². The molecule has 0 aliphatic rings. The molecule has 1 aromatic heterocycles. The smallest absolute Gasteiger partial charge is 0.0823 e. The van der Waals surface area contributed by atoms with Gasteiger partial charge in [0.05, 0.1) is 12.3 Å². The lowest BCUT2D eigenvalue weighted by molar-refractivity contribution is 0.141. The summed E-state index contributed by atoms with van der Waals surface area (Å²) in [5.74, 6) is 0.609. The van der Waals surface area contributed by atoms with E-state index in [0.29, 0.717) is 12.0 Å². The Morgan fingerprint density at radius 3 is 2.38 bits per heavy atom.